The maximum atomic E-state index is 13.4. The standard InChI is InChI=1S/C12H10F7NO3/c1-9(21,7-4-2-3-5-8(7)20(22)23)6-10(13,14)11(15,16)12(17,18)19/h2-5,21H,6H2,1H3. The van der Waals surface area contributed by atoms with Gasteiger partial charge in [0.1, 0.15) is 0 Å². The number of rotatable bonds is 5. The second-order valence-corrected chi connectivity index (χ2v) is 5.00. The van der Waals surface area contributed by atoms with Gasteiger partial charge in [0.2, 0.25) is 0 Å². The second kappa shape index (κ2) is 5.62. The fourth-order valence-corrected chi connectivity index (χ4v) is 1.93. The van der Waals surface area contributed by atoms with E-state index in [2.05, 4.69) is 0 Å². The van der Waals surface area contributed by atoms with Gasteiger partial charge in [-0.05, 0) is 13.0 Å². The van der Waals surface area contributed by atoms with Crippen LogP contribution in [0.1, 0.15) is 18.9 Å². The number of halogens is 7. The number of aliphatic hydroxyl groups is 1. The number of nitrogens with zero attached hydrogens (tertiary/aromatic N) is 1. The minimum absolute atomic E-state index is 0.496. The number of nitro groups is 1. The maximum Gasteiger partial charge on any atom is 0.459 e. The van der Waals surface area contributed by atoms with Crippen molar-refractivity contribution in [1.29, 1.82) is 0 Å². The minimum atomic E-state index is -6.55. The molecule has 0 radical (unpaired) electrons. The average Bonchev–Trinajstić information content (AvgIpc) is 2.35. The molecule has 1 aromatic carbocycles. The second-order valence-electron chi connectivity index (χ2n) is 5.00. The molecule has 1 aromatic rings. The molecule has 0 amide bonds. The summed E-state index contributed by atoms with van der Waals surface area (Å²) in [6.07, 6.45) is -8.91. The number of hydrogen-bond donors (Lipinski definition) is 1. The van der Waals surface area contributed by atoms with Crippen molar-refractivity contribution in [2.75, 3.05) is 0 Å². The van der Waals surface area contributed by atoms with Gasteiger partial charge in [-0.2, -0.15) is 30.7 Å². The summed E-state index contributed by atoms with van der Waals surface area (Å²) in [4.78, 5) is 9.69. The van der Waals surface area contributed by atoms with E-state index in [1.165, 1.54) is 0 Å². The molecule has 1 unspecified atom stereocenters. The van der Waals surface area contributed by atoms with Gasteiger partial charge in [0, 0.05) is 6.07 Å². The maximum absolute atomic E-state index is 13.4. The molecule has 0 aliphatic heterocycles. The first kappa shape index (κ1) is 19.1. The minimum Gasteiger partial charge on any atom is -0.385 e. The largest absolute Gasteiger partial charge is 0.459 e. The fourth-order valence-electron chi connectivity index (χ4n) is 1.93. The lowest BCUT2D eigenvalue weighted by Crippen LogP contribution is -2.54. The van der Waals surface area contributed by atoms with Crippen molar-refractivity contribution in [2.24, 2.45) is 0 Å². The lowest BCUT2D eigenvalue weighted by atomic mass is 9.86. The number of para-hydroxylation sites is 1. The summed E-state index contributed by atoms with van der Waals surface area (Å²) in [6, 6.07) is 3.78. The van der Waals surface area contributed by atoms with Crippen LogP contribution in [0.5, 0.6) is 0 Å². The van der Waals surface area contributed by atoms with Gasteiger partial charge >= 0.3 is 18.0 Å². The van der Waals surface area contributed by atoms with Crippen LogP contribution in [0.25, 0.3) is 0 Å². The lowest BCUT2D eigenvalue weighted by molar-refractivity contribution is -0.387. The SMILES string of the molecule is CC(O)(CC(F)(F)C(F)(F)C(F)(F)F)c1ccccc1[N+](=O)[O-]. The topological polar surface area (TPSA) is 63.4 Å². The molecule has 0 aliphatic carbocycles. The molecule has 0 aliphatic rings. The number of nitro benzene ring substituents is 1. The van der Waals surface area contributed by atoms with Gasteiger partial charge in [0.25, 0.3) is 5.69 Å². The van der Waals surface area contributed by atoms with Gasteiger partial charge in [-0.25, -0.2) is 0 Å². The van der Waals surface area contributed by atoms with E-state index in [1.807, 2.05) is 0 Å². The molecule has 0 saturated heterocycles. The Hall–Kier alpha value is -1.91. The molecule has 1 rings (SSSR count). The van der Waals surface area contributed by atoms with Crippen LogP contribution < -0.4 is 0 Å². The quantitative estimate of drug-likeness (QED) is 0.496. The van der Waals surface area contributed by atoms with Crippen LogP contribution in [0.15, 0.2) is 24.3 Å². The zero-order chi connectivity index (χ0) is 18.3. The monoisotopic (exact) mass is 349 g/mol. The Morgan fingerprint density at radius 2 is 1.57 bits per heavy atom. The highest BCUT2D eigenvalue weighted by molar-refractivity contribution is 5.43. The Morgan fingerprint density at radius 3 is 2.00 bits per heavy atom. The first-order chi connectivity index (χ1) is 10.1. The molecule has 0 spiro atoms. The van der Waals surface area contributed by atoms with E-state index in [4.69, 9.17) is 0 Å². The van der Waals surface area contributed by atoms with Crippen molar-refractivity contribution in [1.82, 2.24) is 0 Å². The zero-order valence-corrected chi connectivity index (χ0v) is 11.4. The summed E-state index contributed by atoms with van der Waals surface area (Å²) in [7, 11) is 0. The van der Waals surface area contributed by atoms with Gasteiger partial charge in [-0.15, -0.1) is 0 Å². The molecular formula is C12H10F7NO3. The van der Waals surface area contributed by atoms with Crippen LogP contribution in [0, 0.1) is 10.1 Å². The Morgan fingerprint density at radius 1 is 1.09 bits per heavy atom. The molecular weight excluding hydrogens is 339 g/mol. The molecule has 4 nitrogen and oxygen atoms in total. The van der Waals surface area contributed by atoms with Crippen molar-refractivity contribution in [2.45, 2.75) is 37.0 Å². The third kappa shape index (κ3) is 3.54. The Bertz CT molecular complexity index is 599. The fraction of sp³-hybridized carbons (Fsp3) is 0.500. The molecule has 0 heterocycles. The molecule has 0 bridgehead atoms. The molecule has 1 N–H and O–H groups in total. The third-order valence-corrected chi connectivity index (χ3v) is 3.06. The zero-order valence-electron chi connectivity index (χ0n) is 11.4. The Balaban J connectivity index is 3.29. The summed E-state index contributed by atoms with van der Waals surface area (Å²) in [5.41, 5.74) is -4.69. The van der Waals surface area contributed by atoms with Gasteiger partial charge in [-0.3, -0.25) is 10.1 Å². The average molecular weight is 349 g/mol. The Labute approximate surface area is 124 Å². The lowest BCUT2D eigenvalue weighted by Gasteiger charge is -2.33. The van der Waals surface area contributed by atoms with Gasteiger partial charge in [0.05, 0.1) is 22.5 Å². The third-order valence-electron chi connectivity index (χ3n) is 3.06. The van der Waals surface area contributed by atoms with Crippen LogP contribution in [0.4, 0.5) is 36.4 Å². The van der Waals surface area contributed by atoms with Crippen molar-refractivity contribution in [3.8, 4) is 0 Å². The molecule has 0 saturated carbocycles. The van der Waals surface area contributed by atoms with E-state index in [0.717, 1.165) is 24.3 Å². The molecule has 0 fully saturated rings. The van der Waals surface area contributed by atoms with Crippen molar-refractivity contribution in [3.63, 3.8) is 0 Å². The van der Waals surface area contributed by atoms with Crippen LogP contribution in [-0.2, 0) is 5.60 Å². The van der Waals surface area contributed by atoms with Crippen molar-refractivity contribution < 1.29 is 40.8 Å². The van der Waals surface area contributed by atoms with Gasteiger partial charge in [0.15, 0.2) is 0 Å². The summed E-state index contributed by atoms with van der Waals surface area (Å²) in [6.45, 7) is 0.496. The molecule has 11 heteroatoms. The smallest absolute Gasteiger partial charge is 0.385 e. The first-order valence-electron chi connectivity index (χ1n) is 5.92. The normalized spacial score (nSPS) is 16.0. The van der Waals surface area contributed by atoms with Crippen LogP contribution in [0.2, 0.25) is 0 Å². The highest BCUT2D eigenvalue weighted by Gasteiger charge is 2.73. The van der Waals surface area contributed by atoms with Gasteiger partial charge < -0.3 is 5.11 Å². The van der Waals surface area contributed by atoms with E-state index in [-0.39, 0.29) is 0 Å². The summed E-state index contributed by atoms with van der Waals surface area (Å²) in [5.74, 6) is -12.1. The van der Waals surface area contributed by atoms with Crippen molar-refractivity contribution in [3.05, 3.63) is 39.9 Å². The predicted octanol–water partition coefficient (Wildman–Crippen LogP) is 4.03. The predicted molar refractivity (Wildman–Crippen MR) is 63.2 cm³/mol. The summed E-state index contributed by atoms with van der Waals surface area (Å²) >= 11 is 0. The van der Waals surface area contributed by atoms with E-state index in [1.54, 1.807) is 0 Å². The number of alkyl halides is 7. The van der Waals surface area contributed by atoms with Crippen molar-refractivity contribution >= 4 is 5.69 Å². The molecule has 130 valence electrons. The van der Waals surface area contributed by atoms with E-state index in [0.29, 0.717) is 6.92 Å². The van der Waals surface area contributed by atoms with Crippen LogP contribution in [-0.4, -0.2) is 28.1 Å². The summed E-state index contributed by atoms with van der Waals surface area (Å²) < 4.78 is 88.9. The molecule has 1 atom stereocenters. The van der Waals surface area contributed by atoms with Crippen LogP contribution in [0.3, 0.4) is 0 Å². The summed E-state index contributed by atoms with van der Waals surface area (Å²) in [5, 5.41) is 20.7. The molecule has 0 aromatic heterocycles. The van der Waals surface area contributed by atoms with E-state index < -0.39 is 46.2 Å². The van der Waals surface area contributed by atoms with Crippen LogP contribution >= 0.6 is 0 Å². The highest BCUT2D eigenvalue weighted by atomic mass is 19.4. The first-order valence-corrected chi connectivity index (χ1v) is 5.92. The number of hydrogen-bond acceptors (Lipinski definition) is 3. The van der Waals surface area contributed by atoms with E-state index >= 15 is 0 Å². The van der Waals surface area contributed by atoms with E-state index in [9.17, 15) is 46.0 Å². The Kier molecular flexibility index (Phi) is 4.68. The number of benzene rings is 1. The van der Waals surface area contributed by atoms with Gasteiger partial charge in [-0.1, -0.05) is 12.1 Å². The molecule has 23 heavy (non-hydrogen) atoms. The highest BCUT2D eigenvalue weighted by Crippen LogP contribution is 2.51.